The number of hydrogen-bond donors (Lipinski definition) is 1. The molecule has 1 aliphatic rings. The number of aromatic nitrogens is 3. The molecule has 134 valence electrons. The molecule has 1 aromatic carbocycles. The fraction of sp³-hybridized carbons (Fsp3) is 0.471. The van der Waals surface area contributed by atoms with Gasteiger partial charge in [-0.15, -0.1) is 5.10 Å². The third-order valence-electron chi connectivity index (χ3n) is 4.22. The van der Waals surface area contributed by atoms with Crippen LogP contribution in [0.25, 0.3) is 11.3 Å². The van der Waals surface area contributed by atoms with Crippen molar-refractivity contribution in [1.29, 1.82) is 0 Å². The number of anilines is 1. The van der Waals surface area contributed by atoms with E-state index in [-0.39, 0.29) is 12.3 Å². The van der Waals surface area contributed by atoms with Crippen molar-refractivity contribution in [1.82, 2.24) is 15.4 Å². The molecule has 2 aromatic rings. The summed E-state index contributed by atoms with van der Waals surface area (Å²) in [6.07, 6.45) is 2.31. The molecule has 1 aromatic heterocycles. The molecule has 1 N–H and O–H groups in total. The molecule has 0 atom stereocenters. The quantitative estimate of drug-likeness (QED) is 0.802. The molecule has 0 spiro atoms. The normalized spacial score (nSPS) is 13.8. The fourth-order valence-corrected chi connectivity index (χ4v) is 3.03. The first-order valence-corrected chi connectivity index (χ1v) is 8.28. The number of benzene rings is 1. The van der Waals surface area contributed by atoms with Gasteiger partial charge in [0.2, 0.25) is 0 Å². The van der Waals surface area contributed by atoms with Crippen LogP contribution in [-0.2, 0) is 4.74 Å². The number of H-pyrrole nitrogens is 1. The van der Waals surface area contributed by atoms with E-state index < -0.39 is 5.97 Å². The SMILES string of the molecule is CCOC(=O)c1n[nH]nc1-c1cc(OC)c(N2CCCC2)cc1OC. The van der Waals surface area contributed by atoms with Gasteiger partial charge in [0.1, 0.15) is 17.2 Å². The molecule has 0 bridgehead atoms. The van der Waals surface area contributed by atoms with E-state index in [2.05, 4.69) is 20.3 Å². The Labute approximate surface area is 146 Å². The average molecular weight is 346 g/mol. The maximum atomic E-state index is 12.1. The molecule has 2 heterocycles. The van der Waals surface area contributed by atoms with Gasteiger partial charge in [-0.2, -0.15) is 10.3 Å². The van der Waals surface area contributed by atoms with Gasteiger partial charge in [0.15, 0.2) is 5.69 Å². The molecule has 0 saturated carbocycles. The lowest BCUT2D eigenvalue weighted by Gasteiger charge is -2.22. The Morgan fingerprint density at radius 1 is 1.16 bits per heavy atom. The van der Waals surface area contributed by atoms with Crippen molar-refractivity contribution in [3.05, 3.63) is 17.8 Å². The summed E-state index contributed by atoms with van der Waals surface area (Å²) in [5.74, 6) is 0.772. The molecular formula is C17H22N4O4. The summed E-state index contributed by atoms with van der Waals surface area (Å²) in [7, 11) is 3.21. The van der Waals surface area contributed by atoms with Crippen molar-refractivity contribution in [2.75, 3.05) is 38.8 Å². The molecule has 0 radical (unpaired) electrons. The number of carbonyl (C=O) groups is 1. The van der Waals surface area contributed by atoms with Crippen molar-refractivity contribution < 1.29 is 19.0 Å². The second kappa shape index (κ2) is 7.42. The zero-order valence-electron chi connectivity index (χ0n) is 14.7. The molecule has 0 aliphatic carbocycles. The van der Waals surface area contributed by atoms with Gasteiger partial charge in [0.25, 0.3) is 0 Å². The number of carbonyl (C=O) groups excluding carboxylic acids is 1. The number of nitrogens with one attached hydrogen (secondary N) is 1. The monoisotopic (exact) mass is 346 g/mol. The Kier molecular flexibility index (Phi) is 5.06. The van der Waals surface area contributed by atoms with Crippen LogP contribution in [-0.4, -0.2) is 55.3 Å². The van der Waals surface area contributed by atoms with E-state index in [0.29, 0.717) is 22.8 Å². The largest absolute Gasteiger partial charge is 0.496 e. The van der Waals surface area contributed by atoms with Gasteiger partial charge in [0.05, 0.1) is 32.1 Å². The van der Waals surface area contributed by atoms with Crippen LogP contribution in [0.3, 0.4) is 0 Å². The third kappa shape index (κ3) is 3.24. The summed E-state index contributed by atoms with van der Waals surface area (Å²) < 4.78 is 16.2. The highest BCUT2D eigenvalue weighted by molar-refractivity contribution is 5.95. The highest BCUT2D eigenvalue weighted by atomic mass is 16.5. The Hall–Kier alpha value is -2.77. The standard InChI is InChI=1S/C17H22N4O4/c1-4-25-17(22)16-15(18-20-19-16)11-9-14(24-3)12(10-13(11)23-2)21-7-5-6-8-21/h9-10H,4-8H2,1-3H3,(H,18,19,20). The number of nitrogens with zero attached hydrogens (tertiary/aromatic N) is 3. The van der Waals surface area contributed by atoms with E-state index in [4.69, 9.17) is 14.2 Å². The number of rotatable bonds is 6. The Morgan fingerprint density at radius 2 is 1.88 bits per heavy atom. The second-order valence-corrected chi connectivity index (χ2v) is 5.66. The molecule has 1 aliphatic heterocycles. The van der Waals surface area contributed by atoms with Gasteiger partial charge in [-0.25, -0.2) is 4.79 Å². The van der Waals surface area contributed by atoms with E-state index in [1.807, 2.05) is 12.1 Å². The summed E-state index contributed by atoms with van der Waals surface area (Å²) in [5.41, 5.74) is 2.10. The molecule has 0 unspecified atom stereocenters. The smallest absolute Gasteiger partial charge is 0.361 e. The van der Waals surface area contributed by atoms with Crippen LogP contribution in [0.5, 0.6) is 11.5 Å². The predicted molar refractivity (Wildman–Crippen MR) is 92.3 cm³/mol. The lowest BCUT2D eigenvalue weighted by atomic mass is 10.1. The molecule has 1 saturated heterocycles. The van der Waals surface area contributed by atoms with Gasteiger partial charge in [-0.3, -0.25) is 0 Å². The van der Waals surface area contributed by atoms with E-state index in [1.165, 1.54) is 0 Å². The molecule has 8 nitrogen and oxygen atoms in total. The van der Waals surface area contributed by atoms with Crippen LogP contribution in [0.2, 0.25) is 0 Å². The zero-order valence-corrected chi connectivity index (χ0v) is 14.7. The third-order valence-corrected chi connectivity index (χ3v) is 4.22. The van der Waals surface area contributed by atoms with Crippen molar-refractivity contribution in [3.8, 4) is 22.8 Å². The van der Waals surface area contributed by atoms with Crippen LogP contribution in [0.4, 0.5) is 5.69 Å². The summed E-state index contributed by atoms with van der Waals surface area (Å²) in [6, 6.07) is 3.75. The van der Waals surface area contributed by atoms with E-state index in [9.17, 15) is 4.79 Å². The molecule has 0 amide bonds. The van der Waals surface area contributed by atoms with Crippen LogP contribution in [0.1, 0.15) is 30.3 Å². The van der Waals surface area contributed by atoms with Crippen molar-refractivity contribution >= 4 is 11.7 Å². The van der Waals surface area contributed by atoms with Crippen molar-refractivity contribution in [2.45, 2.75) is 19.8 Å². The lowest BCUT2D eigenvalue weighted by Crippen LogP contribution is -2.18. The molecule has 1 fully saturated rings. The minimum absolute atomic E-state index is 0.121. The summed E-state index contributed by atoms with van der Waals surface area (Å²) in [5, 5.41) is 10.5. The van der Waals surface area contributed by atoms with Crippen LogP contribution < -0.4 is 14.4 Å². The molecule has 8 heteroatoms. The molecular weight excluding hydrogens is 324 g/mol. The van der Waals surface area contributed by atoms with E-state index >= 15 is 0 Å². The van der Waals surface area contributed by atoms with Gasteiger partial charge in [-0.05, 0) is 25.8 Å². The highest BCUT2D eigenvalue weighted by Crippen LogP contribution is 2.41. The highest BCUT2D eigenvalue weighted by Gasteiger charge is 2.25. The minimum Gasteiger partial charge on any atom is -0.496 e. The first-order valence-electron chi connectivity index (χ1n) is 8.28. The maximum absolute atomic E-state index is 12.1. The minimum atomic E-state index is -0.532. The average Bonchev–Trinajstić information content (AvgIpc) is 3.32. The van der Waals surface area contributed by atoms with E-state index in [0.717, 1.165) is 31.6 Å². The summed E-state index contributed by atoms with van der Waals surface area (Å²) in [4.78, 5) is 14.4. The first kappa shape index (κ1) is 17.1. The zero-order chi connectivity index (χ0) is 17.8. The first-order chi connectivity index (χ1) is 12.2. The Morgan fingerprint density at radius 3 is 2.52 bits per heavy atom. The number of hydrogen-bond acceptors (Lipinski definition) is 7. The van der Waals surface area contributed by atoms with Gasteiger partial charge in [0, 0.05) is 19.2 Å². The number of aromatic amines is 1. The Balaban J connectivity index is 2.08. The van der Waals surface area contributed by atoms with Gasteiger partial charge >= 0.3 is 5.97 Å². The van der Waals surface area contributed by atoms with Crippen LogP contribution in [0.15, 0.2) is 12.1 Å². The summed E-state index contributed by atoms with van der Waals surface area (Å²) in [6.45, 7) is 3.97. The molecule has 3 rings (SSSR count). The van der Waals surface area contributed by atoms with E-state index in [1.54, 1.807) is 21.1 Å². The second-order valence-electron chi connectivity index (χ2n) is 5.66. The summed E-state index contributed by atoms with van der Waals surface area (Å²) >= 11 is 0. The topological polar surface area (TPSA) is 89.6 Å². The Bertz CT molecular complexity index is 753. The van der Waals surface area contributed by atoms with Gasteiger partial charge in [-0.1, -0.05) is 0 Å². The predicted octanol–water partition coefficient (Wildman–Crippen LogP) is 2.27. The van der Waals surface area contributed by atoms with Crippen LogP contribution >= 0.6 is 0 Å². The van der Waals surface area contributed by atoms with Crippen molar-refractivity contribution in [2.24, 2.45) is 0 Å². The van der Waals surface area contributed by atoms with Gasteiger partial charge < -0.3 is 19.1 Å². The van der Waals surface area contributed by atoms with Crippen LogP contribution in [0, 0.1) is 0 Å². The molecule has 25 heavy (non-hydrogen) atoms. The number of methoxy groups -OCH3 is 2. The van der Waals surface area contributed by atoms with Crippen molar-refractivity contribution in [3.63, 3.8) is 0 Å². The number of esters is 1. The number of ether oxygens (including phenoxy) is 3. The fourth-order valence-electron chi connectivity index (χ4n) is 3.03. The lowest BCUT2D eigenvalue weighted by molar-refractivity contribution is 0.0520. The maximum Gasteiger partial charge on any atom is 0.361 e.